The number of non-ortho nitro benzene ring substituents is 1. The van der Waals surface area contributed by atoms with E-state index in [9.17, 15) is 19.3 Å². The number of nitro groups is 1. The summed E-state index contributed by atoms with van der Waals surface area (Å²) >= 11 is 0. The van der Waals surface area contributed by atoms with Gasteiger partial charge in [0.1, 0.15) is 5.83 Å². The Morgan fingerprint density at radius 1 is 1.24 bits per heavy atom. The van der Waals surface area contributed by atoms with Crippen LogP contribution < -0.4 is 0 Å². The normalized spacial score (nSPS) is 25.3. The number of halogens is 1. The van der Waals surface area contributed by atoms with Crippen molar-refractivity contribution >= 4 is 17.7 Å². The van der Waals surface area contributed by atoms with Crippen molar-refractivity contribution in [2.45, 2.75) is 32.4 Å². The monoisotopic (exact) mass is 399 g/mol. The highest BCUT2D eigenvalue weighted by Gasteiger charge is 2.31. The van der Waals surface area contributed by atoms with Crippen LogP contribution in [0.3, 0.4) is 0 Å². The van der Waals surface area contributed by atoms with Gasteiger partial charge in [0, 0.05) is 49.9 Å². The highest BCUT2D eigenvalue weighted by atomic mass is 19.1. The Labute approximate surface area is 170 Å². The van der Waals surface area contributed by atoms with Crippen molar-refractivity contribution < 1.29 is 14.1 Å². The second-order valence-corrected chi connectivity index (χ2v) is 7.77. The maximum atomic E-state index is 13.1. The first-order valence-corrected chi connectivity index (χ1v) is 9.84. The largest absolute Gasteiger partial charge is 0.334 e. The quantitative estimate of drug-likeness (QED) is 0.427. The van der Waals surface area contributed by atoms with Crippen LogP contribution >= 0.6 is 0 Å². The Morgan fingerprint density at radius 3 is 2.59 bits per heavy atom. The maximum absolute atomic E-state index is 13.1. The van der Waals surface area contributed by atoms with E-state index in [1.54, 1.807) is 24.3 Å². The molecule has 29 heavy (non-hydrogen) atoms. The Bertz CT molecular complexity index is 847. The predicted molar refractivity (Wildman–Crippen MR) is 111 cm³/mol. The number of allylic oxidation sites excluding steroid dienone is 3. The van der Waals surface area contributed by atoms with Crippen LogP contribution in [0, 0.1) is 16.0 Å². The van der Waals surface area contributed by atoms with Crippen molar-refractivity contribution in [2.75, 3.05) is 19.6 Å². The first kappa shape index (κ1) is 20.9. The van der Waals surface area contributed by atoms with Gasteiger partial charge in [0.2, 0.25) is 5.91 Å². The lowest BCUT2D eigenvalue weighted by Gasteiger charge is -2.44. The van der Waals surface area contributed by atoms with Crippen molar-refractivity contribution in [3.63, 3.8) is 0 Å². The van der Waals surface area contributed by atoms with E-state index in [1.165, 1.54) is 24.3 Å². The highest BCUT2D eigenvalue weighted by Crippen LogP contribution is 2.23. The molecular weight excluding hydrogens is 373 g/mol. The Kier molecular flexibility index (Phi) is 6.59. The molecule has 0 spiro atoms. The van der Waals surface area contributed by atoms with Gasteiger partial charge in [-0.25, -0.2) is 4.39 Å². The molecule has 3 rings (SSSR count). The first-order valence-electron chi connectivity index (χ1n) is 9.84. The van der Waals surface area contributed by atoms with Crippen LogP contribution in [0.1, 0.15) is 25.8 Å². The third-order valence-corrected chi connectivity index (χ3v) is 5.53. The molecule has 0 N–H and O–H groups in total. The van der Waals surface area contributed by atoms with Crippen LogP contribution in [-0.2, 0) is 4.79 Å². The number of hydrogen-bond acceptors (Lipinski definition) is 4. The summed E-state index contributed by atoms with van der Waals surface area (Å²) < 4.78 is 13.1. The van der Waals surface area contributed by atoms with Crippen LogP contribution in [-0.4, -0.2) is 52.3 Å². The lowest BCUT2D eigenvalue weighted by molar-refractivity contribution is -0.384. The fourth-order valence-electron chi connectivity index (χ4n) is 3.81. The molecule has 154 valence electrons. The van der Waals surface area contributed by atoms with E-state index in [1.807, 2.05) is 17.9 Å². The SMILES string of the molecule is C[C@@H]1CN(C(=O)/C=C/c2ccc([N+](=O)[O-])cc2)[C@@H](C)CN1CC1C=CC(F)=CC1. The Morgan fingerprint density at radius 2 is 1.97 bits per heavy atom. The summed E-state index contributed by atoms with van der Waals surface area (Å²) in [7, 11) is 0. The number of amides is 1. The van der Waals surface area contributed by atoms with Gasteiger partial charge in [-0.2, -0.15) is 0 Å². The molecule has 1 heterocycles. The van der Waals surface area contributed by atoms with E-state index in [0.717, 1.165) is 18.7 Å². The molecule has 1 aromatic carbocycles. The van der Waals surface area contributed by atoms with E-state index >= 15 is 0 Å². The summed E-state index contributed by atoms with van der Waals surface area (Å²) in [6.45, 7) is 6.40. The van der Waals surface area contributed by atoms with E-state index in [0.29, 0.717) is 18.9 Å². The van der Waals surface area contributed by atoms with Gasteiger partial charge in [0.15, 0.2) is 0 Å². The van der Waals surface area contributed by atoms with Gasteiger partial charge >= 0.3 is 0 Å². The predicted octanol–water partition coefficient (Wildman–Crippen LogP) is 3.96. The van der Waals surface area contributed by atoms with Crippen LogP contribution in [0.4, 0.5) is 10.1 Å². The summed E-state index contributed by atoms with van der Waals surface area (Å²) in [6.07, 6.45) is 9.01. The van der Waals surface area contributed by atoms with E-state index in [-0.39, 0.29) is 29.5 Å². The fraction of sp³-hybridized carbons (Fsp3) is 0.409. The zero-order valence-electron chi connectivity index (χ0n) is 16.7. The molecule has 0 radical (unpaired) electrons. The lowest BCUT2D eigenvalue weighted by atomic mass is 9.97. The van der Waals surface area contributed by atoms with E-state index in [2.05, 4.69) is 11.8 Å². The zero-order chi connectivity index (χ0) is 21.0. The molecule has 0 saturated carbocycles. The lowest BCUT2D eigenvalue weighted by Crippen LogP contribution is -2.58. The molecule has 1 aliphatic heterocycles. The van der Waals surface area contributed by atoms with Gasteiger partial charge < -0.3 is 4.90 Å². The molecule has 1 unspecified atom stereocenters. The number of nitrogens with zero attached hydrogens (tertiary/aromatic N) is 3. The van der Waals surface area contributed by atoms with Gasteiger partial charge in [0.25, 0.3) is 5.69 Å². The van der Waals surface area contributed by atoms with Gasteiger partial charge in [-0.05, 0) is 62.1 Å². The van der Waals surface area contributed by atoms with Crippen molar-refractivity contribution in [3.05, 3.63) is 70.1 Å². The Hall–Kier alpha value is -2.80. The number of nitro benzene ring substituents is 1. The van der Waals surface area contributed by atoms with Crippen LogP contribution in [0.25, 0.3) is 6.08 Å². The van der Waals surface area contributed by atoms with Crippen LogP contribution in [0.2, 0.25) is 0 Å². The first-order chi connectivity index (χ1) is 13.8. The summed E-state index contributed by atoms with van der Waals surface area (Å²) in [6, 6.07) is 6.39. The second-order valence-electron chi connectivity index (χ2n) is 7.77. The molecule has 1 aliphatic carbocycles. The van der Waals surface area contributed by atoms with Gasteiger partial charge in [-0.15, -0.1) is 0 Å². The van der Waals surface area contributed by atoms with Crippen LogP contribution in [0.15, 0.2) is 54.4 Å². The standard InChI is InChI=1S/C22H26FN3O3/c1-16-14-25(17(2)13-24(16)15-19-3-8-20(23)9-4-19)22(27)12-7-18-5-10-21(11-6-18)26(28)29/h3,5-12,16-17,19H,4,13-15H2,1-2H3/b12-7+/t16-,17+,19?/m1/s1. The van der Waals surface area contributed by atoms with E-state index in [4.69, 9.17) is 0 Å². The smallest absolute Gasteiger partial charge is 0.269 e. The number of carbonyl (C=O) groups is 1. The number of hydrogen-bond donors (Lipinski definition) is 0. The van der Waals surface area contributed by atoms with Crippen molar-refractivity contribution in [1.29, 1.82) is 0 Å². The zero-order valence-corrected chi connectivity index (χ0v) is 16.7. The average Bonchev–Trinajstić information content (AvgIpc) is 2.70. The summed E-state index contributed by atoms with van der Waals surface area (Å²) in [4.78, 5) is 27.2. The molecule has 0 bridgehead atoms. The minimum absolute atomic E-state index is 0.0260. The summed E-state index contributed by atoms with van der Waals surface area (Å²) in [5.41, 5.74) is 0.769. The molecule has 1 saturated heterocycles. The molecule has 1 amide bonds. The number of piperazine rings is 1. The van der Waals surface area contributed by atoms with E-state index < -0.39 is 4.92 Å². The molecule has 7 heteroatoms. The van der Waals surface area contributed by atoms with Crippen molar-refractivity contribution in [2.24, 2.45) is 5.92 Å². The summed E-state index contributed by atoms with van der Waals surface area (Å²) in [5.74, 6) is 0.0660. The molecule has 1 aromatic rings. The van der Waals surface area contributed by atoms with Gasteiger partial charge in [-0.3, -0.25) is 19.8 Å². The third kappa shape index (κ3) is 5.38. The summed E-state index contributed by atoms with van der Waals surface area (Å²) in [5, 5.41) is 10.7. The maximum Gasteiger partial charge on any atom is 0.269 e. The molecule has 2 aliphatic rings. The van der Waals surface area contributed by atoms with Crippen molar-refractivity contribution in [1.82, 2.24) is 9.80 Å². The molecule has 6 nitrogen and oxygen atoms in total. The molecule has 0 aromatic heterocycles. The average molecular weight is 399 g/mol. The minimum Gasteiger partial charge on any atom is -0.334 e. The van der Waals surface area contributed by atoms with Crippen LogP contribution in [0.5, 0.6) is 0 Å². The fourth-order valence-corrected chi connectivity index (χ4v) is 3.81. The number of benzene rings is 1. The topological polar surface area (TPSA) is 66.7 Å². The number of carbonyl (C=O) groups excluding carboxylic acids is 1. The van der Waals surface area contributed by atoms with Crippen molar-refractivity contribution in [3.8, 4) is 0 Å². The number of rotatable bonds is 5. The van der Waals surface area contributed by atoms with Gasteiger partial charge in [-0.1, -0.05) is 6.08 Å². The molecule has 1 fully saturated rings. The highest BCUT2D eigenvalue weighted by molar-refractivity contribution is 5.92. The minimum atomic E-state index is -0.447. The molecular formula is C22H26FN3O3. The second kappa shape index (κ2) is 9.13. The molecule has 3 atom stereocenters. The third-order valence-electron chi connectivity index (χ3n) is 5.53. The Balaban J connectivity index is 1.57. The van der Waals surface area contributed by atoms with Gasteiger partial charge in [0.05, 0.1) is 4.92 Å².